The van der Waals surface area contributed by atoms with Crippen LogP contribution in [0.1, 0.15) is 37.7 Å². The van der Waals surface area contributed by atoms with E-state index in [1.807, 2.05) is 42.5 Å². The number of hydrogen-bond acceptors (Lipinski definition) is 6. The Kier molecular flexibility index (Phi) is 11.0. The van der Waals surface area contributed by atoms with Gasteiger partial charge in [-0.2, -0.15) is 0 Å². The van der Waals surface area contributed by atoms with Gasteiger partial charge in [-0.05, 0) is 53.0 Å². The van der Waals surface area contributed by atoms with Gasteiger partial charge in [-0.25, -0.2) is 0 Å². The molecule has 0 saturated carbocycles. The van der Waals surface area contributed by atoms with Crippen LogP contribution < -0.4 is 16.4 Å². The number of thiophene rings is 1. The van der Waals surface area contributed by atoms with E-state index in [1.165, 1.54) is 0 Å². The molecule has 3 aromatic rings. The highest BCUT2D eigenvalue weighted by Crippen LogP contribution is 2.32. The Balaban J connectivity index is 1.57. The molecule has 0 bridgehead atoms. The second kappa shape index (κ2) is 14.6. The number of carbonyl (C=O) groups excluding carboxylic acids is 3. The van der Waals surface area contributed by atoms with Crippen molar-refractivity contribution in [3.8, 4) is 21.6 Å². The van der Waals surface area contributed by atoms with E-state index >= 15 is 0 Å². The number of rotatable bonds is 15. The quantitative estimate of drug-likeness (QED) is 0.188. The Morgan fingerprint density at radius 2 is 1.38 bits per heavy atom. The number of benzene rings is 2. The van der Waals surface area contributed by atoms with Crippen LogP contribution in [-0.4, -0.2) is 52.0 Å². The standard InChI is InChI=1S/C29H31N3O7S/c30-28(38)22(11-14-26(34)35)32-29(39)23(12-15-27(36)37)31-25(33)13-8-18-6-9-20(10-7-18)24-16-21(17-40-24)19-4-2-1-3-5-19/h1-7,9-10,16-17,22-23H,8,11-15H2,(H2,30,38)(H,31,33)(H,32,39)(H,34,35)(H,36,37)/t22-,23+/m0/s1. The maximum atomic E-state index is 12.7. The second-order valence-electron chi connectivity index (χ2n) is 9.21. The minimum atomic E-state index is -1.27. The van der Waals surface area contributed by atoms with Crippen molar-refractivity contribution in [2.24, 2.45) is 5.73 Å². The fourth-order valence-electron chi connectivity index (χ4n) is 3.99. The van der Waals surface area contributed by atoms with E-state index in [0.717, 1.165) is 27.1 Å². The van der Waals surface area contributed by atoms with Gasteiger partial charge < -0.3 is 26.6 Å². The van der Waals surface area contributed by atoms with Crippen molar-refractivity contribution in [1.82, 2.24) is 10.6 Å². The maximum Gasteiger partial charge on any atom is 0.303 e. The van der Waals surface area contributed by atoms with E-state index in [4.69, 9.17) is 15.9 Å². The maximum absolute atomic E-state index is 12.7. The zero-order valence-electron chi connectivity index (χ0n) is 21.7. The van der Waals surface area contributed by atoms with Gasteiger partial charge in [0, 0.05) is 24.1 Å². The Morgan fingerprint density at radius 1 is 0.750 bits per heavy atom. The summed E-state index contributed by atoms with van der Waals surface area (Å²) in [6, 6.07) is 17.6. The first kappa shape index (κ1) is 30.0. The van der Waals surface area contributed by atoms with Crippen LogP contribution in [0.5, 0.6) is 0 Å². The summed E-state index contributed by atoms with van der Waals surface area (Å²) < 4.78 is 0. The monoisotopic (exact) mass is 565 g/mol. The highest BCUT2D eigenvalue weighted by atomic mass is 32.1. The van der Waals surface area contributed by atoms with Crippen molar-refractivity contribution >= 4 is 41.0 Å². The van der Waals surface area contributed by atoms with Crippen molar-refractivity contribution < 1.29 is 34.2 Å². The third-order valence-electron chi connectivity index (χ3n) is 6.19. The summed E-state index contributed by atoms with van der Waals surface area (Å²) in [5.41, 5.74) is 9.51. The van der Waals surface area contributed by atoms with Crippen LogP contribution in [0.25, 0.3) is 21.6 Å². The third kappa shape index (κ3) is 9.35. The minimum Gasteiger partial charge on any atom is -0.481 e. The predicted molar refractivity (Wildman–Crippen MR) is 150 cm³/mol. The van der Waals surface area contributed by atoms with Crippen molar-refractivity contribution in [3.05, 3.63) is 71.6 Å². The summed E-state index contributed by atoms with van der Waals surface area (Å²) in [4.78, 5) is 60.0. The largest absolute Gasteiger partial charge is 0.481 e. The molecule has 0 aliphatic carbocycles. The molecular weight excluding hydrogens is 534 g/mol. The van der Waals surface area contributed by atoms with E-state index in [2.05, 4.69) is 34.2 Å². The van der Waals surface area contributed by atoms with Crippen molar-refractivity contribution in [2.45, 2.75) is 50.6 Å². The SMILES string of the molecule is NC(=O)[C@H](CCC(=O)O)NC(=O)[C@@H](CCC(=O)O)NC(=O)CCc1ccc(-c2cc(-c3ccccc3)cs2)cc1. The highest BCUT2D eigenvalue weighted by molar-refractivity contribution is 7.14. The van der Waals surface area contributed by atoms with E-state index < -0.39 is 54.6 Å². The van der Waals surface area contributed by atoms with Crippen LogP contribution in [0.15, 0.2) is 66.0 Å². The molecule has 0 saturated heterocycles. The van der Waals surface area contributed by atoms with Gasteiger partial charge >= 0.3 is 11.9 Å². The van der Waals surface area contributed by atoms with Crippen LogP contribution in [0, 0.1) is 0 Å². The molecule has 11 heteroatoms. The smallest absolute Gasteiger partial charge is 0.303 e. The van der Waals surface area contributed by atoms with Gasteiger partial charge in [0.1, 0.15) is 12.1 Å². The van der Waals surface area contributed by atoms with Gasteiger partial charge in [-0.15, -0.1) is 11.3 Å². The van der Waals surface area contributed by atoms with E-state index in [-0.39, 0.29) is 19.3 Å². The van der Waals surface area contributed by atoms with E-state index in [0.29, 0.717) is 6.42 Å². The molecule has 2 aromatic carbocycles. The average molecular weight is 566 g/mol. The van der Waals surface area contributed by atoms with Gasteiger partial charge in [-0.3, -0.25) is 24.0 Å². The predicted octanol–water partition coefficient (Wildman–Crippen LogP) is 3.20. The number of aryl methyl sites for hydroxylation is 1. The van der Waals surface area contributed by atoms with Crippen molar-refractivity contribution in [2.75, 3.05) is 0 Å². The number of hydrogen-bond donors (Lipinski definition) is 5. The summed E-state index contributed by atoms with van der Waals surface area (Å²) in [5, 5.41) is 24.8. The number of aliphatic carboxylic acids is 2. The van der Waals surface area contributed by atoms with Crippen LogP contribution in [0.3, 0.4) is 0 Å². The molecular formula is C29H31N3O7S. The lowest BCUT2D eigenvalue weighted by molar-refractivity contribution is -0.139. The van der Waals surface area contributed by atoms with Crippen molar-refractivity contribution in [3.63, 3.8) is 0 Å². The molecule has 1 heterocycles. The van der Waals surface area contributed by atoms with Gasteiger partial charge in [0.05, 0.1) is 0 Å². The topological polar surface area (TPSA) is 176 Å². The molecule has 40 heavy (non-hydrogen) atoms. The number of nitrogens with two attached hydrogens (primary N) is 1. The molecule has 0 unspecified atom stereocenters. The molecule has 210 valence electrons. The Labute approximate surface area is 235 Å². The Bertz CT molecular complexity index is 1340. The molecule has 0 aliphatic heterocycles. The molecule has 2 atom stereocenters. The summed E-state index contributed by atoms with van der Waals surface area (Å²) >= 11 is 1.65. The van der Waals surface area contributed by atoms with Gasteiger partial charge in [0.2, 0.25) is 17.7 Å². The fourth-order valence-corrected chi connectivity index (χ4v) is 4.92. The number of carboxylic acid groups (broad SMARTS) is 2. The number of carbonyl (C=O) groups is 5. The first-order chi connectivity index (χ1) is 19.1. The lowest BCUT2D eigenvalue weighted by Gasteiger charge is -2.21. The molecule has 3 amide bonds. The van der Waals surface area contributed by atoms with Gasteiger partial charge in [0.25, 0.3) is 0 Å². The van der Waals surface area contributed by atoms with Crippen LogP contribution in [-0.2, 0) is 30.4 Å². The van der Waals surface area contributed by atoms with E-state index in [9.17, 15) is 24.0 Å². The number of nitrogens with one attached hydrogen (secondary N) is 2. The lowest BCUT2D eigenvalue weighted by Crippen LogP contribution is -2.53. The number of amides is 3. The average Bonchev–Trinajstić information content (AvgIpc) is 3.43. The zero-order valence-corrected chi connectivity index (χ0v) is 22.5. The molecule has 0 radical (unpaired) electrons. The summed E-state index contributed by atoms with van der Waals surface area (Å²) in [5.74, 6) is -4.54. The fraction of sp³-hybridized carbons (Fsp3) is 0.276. The first-order valence-electron chi connectivity index (χ1n) is 12.7. The Morgan fingerprint density at radius 3 is 1.98 bits per heavy atom. The van der Waals surface area contributed by atoms with Crippen molar-refractivity contribution in [1.29, 1.82) is 0 Å². The number of primary amides is 1. The molecule has 0 aliphatic rings. The molecule has 3 rings (SSSR count). The molecule has 0 spiro atoms. The minimum absolute atomic E-state index is 0.0472. The highest BCUT2D eigenvalue weighted by Gasteiger charge is 2.26. The third-order valence-corrected chi connectivity index (χ3v) is 7.17. The summed E-state index contributed by atoms with van der Waals surface area (Å²) in [6.07, 6.45) is -0.805. The van der Waals surface area contributed by atoms with Crippen LogP contribution in [0.2, 0.25) is 0 Å². The van der Waals surface area contributed by atoms with Crippen LogP contribution in [0.4, 0.5) is 0 Å². The molecule has 0 fully saturated rings. The lowest BCUT2D eigenvalue weighted by atomic mass is 10.0. The molecule has 10 nitrogen and oxygen atoms in total. The first-order valence-corrected chi connectivity index (χ1v) is 13.6. The summed E-state index contributed by atoms with van der Waals surface area (Å²) in [6.45, 7) is 0. The second-order valence-corrected chi connectivity index (χ2v) is 10.1. The van der Waals surface area contributed by atoms with Gasteiger partial charge in [-0.1, -0.05) is 54.6 Å². The molecule has 1 aromatic heterocycles. The van der Waals surface area contributed by atoms with E-state index in [1.54, 1.807) is 11.3 Å². The van der Waals surface area contributed by atoms with Crippen LogP contribution >= 0.6 is 11.3 Å². The normalized spacial score (nSPS) is 12.2. The Hall–Kier alpha value is -4.51. The van der Waals surface area contributed by atoms with Gasteiger partial charge in [0.15, 0.2) is 0 Å². The molecule has 6 N–H and O–H groups in total. The number of carboxylic acids is 2. The zero-order chi connectivity index (χ0) is 29.1. The summed E-state index contributed by atoms with van der Waals surface area (Å²) in [7, 11) is 0.